The maximum Gasteiger partial charge on any atom is 0.417 e. The van der Waals surface area contributed by atoms with Crippen LogP contribution in [0.15, 0.2) is 42.7 Å². The number of halogens is 4. The first-order valence-electron chi connectivity index (χ1n) is 7.34. The number of amides is 1. The van der Waals surface area contributed by atoms with Crippen LogP contribution in [0.3, 0.4) is 0 Å². The van der Waals surface area contributed by atoms with Crippen LogP contribution in [0.2, 0.25) is 0 Å². The number of nitrogens with two attached hydrogens (primary N) is 1. The molecule has 2 heterocycles. The van der Waals surface area contributed by atoms with Crippen LogP contribution in [0.4, 0.5) is 29.2 Å². The van der Waals surface area contributed by atoms with Gasteiger partial charge in [0.05, 0.1) is 11.8 Å². The largest absolute Gasteiger partial charge is 0.503 e. The molecule has 27 heavy (non-hydrogen) atoms. The number of phenols is 1. The number of pyridine rings is 1. The van der Waals surface area contributed by atoms with Crippen LogP contribution in [-0.2, 0) is 6.18 Å². The van der Waals surface area contributed by atoms with E-state index in [1.807, 2.05) is 0 Å². The Morgan fingerprint density at radius 1 is 1.19 bits per heavy atom. The van der Waals surface area contributed by atoms with Crippen molar-refractivity contribution in [3.8, 4) is 11.4 Å². The van der Waals surface area contributed by atoms with Crippen molar-refractivity contribution in [1.82, 2.24) is 14.8 Å². The number of nitrogens with zero attached hydrogens (tertiary/aromatic N) is 3. The van der Waals surface area contributed by atoms with E-state index in [1.165, 1.54) is 12.1 Å². The van der Waals surface area contributed by atoms with Crippen molar-refractivity contribution in [1.29, 1.82) is 0 Å². The lowest BCUT2D eigenvalue weighted by Gasteiger charge is -2.09. The predicted molar refractivity (Wildman–Crippen MR) is 86.8 cm³/mol. The van der Waals surface area contributed by atoms with Crippen molar-refractivity contribution >= 4 is 17.5 Å². The number of rotatable bonds is 3. The summed E-state index contributed by atoms with van der Waals surface area (Å²) in [5, 5.41) is 15.9. The molecule has 140 valence electrons. The van der Waals surface area contributed by atoms with Crippen molar-refractivity contribution in [3.05, 3.63) is 59.7 Å². The van der Waals surface area contributed by atoms with E-state index in [9.17, 15) is 27.5 Å². The molecule has 0 unspecified atom stereocenters. The zero-order valence-corrected chi connectivity index (χ0v) is 13.3. The Hall–Kier alpha value is -3.63. The predicted octanol–water partition coefficient (Wildman–Crippen LogP) is 2.97. The maximum absolute atomic E-state index is 13.5. The molecule has 0 bridgehead atoms. The van der Waals surface area contributed by atoms with E-state index in [0.717, 1.165) is 29.1 Å². The summed E-state index contributed by atoms with van der Waals surface area (Å²) in [5.41, 5.74) is 4.64. The lowest BCUT2D eigenvalue weighted by atomic mass is 10.2. The third kappa shape index (κ3) is 3.52. The second kappa shape index (κ2) is 6.59. The summed E-state index contributed by atoms with van der Waals surface area (Å²) in [5.74, 6) is -2.73. The lowest BCUT2D eigenvalue weighted by Crippen LogP contribution is -2.15. The molecule has 7 nitrogen and oxygen atoms in total. The molecule has 3 aromatic rings. The smallest absolute Gasteiger partial charge is 0.417 e. The second-order valence-electron chi connectivity index (χ2n) is 5.35. The molecule has 0 atom stereocenters. The minimum Gasteiger partial charge on any atom is -0.503 e. The average molecular weight is 381 g/mol. The molecule has 0 saturated carbocycles. The molecule has 4 N–H and O–H groups in total. The van der Waals surface area contributed by atoms with E-state index in [4.69, 9.17) is 5.73 Å². The fourth-order valence-electron chi connectivity index (χ4n) is 2.22. The molecule has 0 radical (unpaired) electrons. The topological polar surface area (TPSA) is 106 Å². The third-order valence-electron chi connectivity index (χ3n) is 3.58. The van der Waals surface area contributed by atoms with E-state index in [0.29, 0.717) is 6.20 Å². The van der Waals surface area contributed by atoms with Gasteiger partial charge >= 0.3 is 6.18 Å². The van der Waals surface area contributed by atoms with Crippen LogP contribution in [0, 0.1) is 5.82 Å². The molecular formula is C16H11F4N5O2. The molecular weight excluding hydrogens is 370 g/mol. The number of hydrogen-bond acceptors (Lipinski definition) is 5. The van der Waals surface area contributed by atoms with Crippen molar-refractivity contribution in [2.24, 2.45) is 0 Å². The molecule has 0 aliphatic rings. The summed E-state index contributed by atoms with van der Waals surface area (Å²) < 4.78 is 52.0. The fourth-order valence-corrected chi connectivity index (χ4v) is 2.22. The molecule has 0 saturated heterocycles. The molecule has 1 aromatic carbocycles. The van der Waals surface area contributed by atoms with Gasteiger partial charge in [-0.05, 0) is 24.3 Å². The molecule has 2 aromatic heterocycles. The number of phenolic OH excluding ortho intramolecular Hbond substituents is 1. The first kappa shape index (κ1) is 18.2. The Morgan fingerprint density at radius 2 is 1.93 bits per heavy atom. The summed E-state index contributed by atoms with van der Waals surface area (Å²) in [6, 6.07) is 5.43. The quantitative estimate of drug-likeness (QED) is 0.605. The first-order chi connectivity index (χ1) is 12.7. The highest BCUT2D eigenvalue weighted by Crippen LogP contribution is 2.29. The van der Waals surface area contributed by atoms with Crippen molar-refractivity contribution in [2.75, 3.05) is 11.1 Å². The molecule has 0 spiro atoms. The van der Waals surface area contributed by atoms with Gasteiger partial charge in [-0.1, -0.05) is 6.07 Å². The van der Waals surface area contributed by atoms with Gasteiger partial charge in [-0.25, -0.2) is 14.1 Å². The van der Waals surface area contributed by atoms with E-state index >= 15 is 0 Å². The number of carbonyl (C=O) groups excluding carboxylic acids is 1. The Morgan fingerprint density at radius 3 is 2.56 bits per heavy atom. The fraction of sp³-hybridized carbons (Fsp3) is 0.0625. The number of alkyl halides is 3. The summed E-state index contributed by atoms with van der Waals surface area (Å²) in [6.07, 6.45) is -2.90. The molecule has 11 heteroatoms. The van der Waals surface area contributed by atoms with Gasteiger partial charge < -0.3 is 16.2 Å². The Balaban J connectivity index is 1.84. The van der Waals surface area contributed by atoms with Crippen LogP contribution in [-0.4, -0.2) is 25.8 Å². The molecule has 1 amide bonds. The maximum atomic E-state index is 13.5. The minimum atomic E-state index is -4.55. The Labute approximate surface area is 149 Å². The highest BCUT2D eigenvalue weighted by Gasteiger charge is 2.30. The molecule has 3 rings (SSSR count). The van der Waals surface area contributed by atoms with E-state index in [-0.39, 0.29) is 22.9 Å². The van der Waals surface area contributed by atoms with Crippen molar-refractivity contribution < 1.29 is 27.5 Å². The van der Waals surface area contributed by atoms with Gasteiger partial charge in [0.15, 0.2) is 11.6 Å². The van der Waals surface area contributed by atoms with Crippen LogP contribution in [0.1, 0.15) is 15.9 Å². The Kier molecular flexibility index (Phi) is 4.44. The van der Waals surface area contributed by atoms with Crippen LogP contribution < -0.4 is 11.1 Å². The number of anilines is 2. The van der Waals surface area contributed by atoms with Gasteiger partial charge in [-0.3, -0.25) is 4.79 Å². The van der Waals surface area contributed by atoms with Gasteiger partial charge in [-0.15, -0.1) is 0 Å². The van der Waals surface area contributed by atoms with E-state index in [1.54, 1.807) is 0 Å². The van der Waals surface area contributed by atoms with Gasteiger partial charge in [-0.2, -0.15) is 18.3 Å². The number of carbonyl (C=O) groups is 1. The van der Waals surface area contributed by atoms with E-state index in [2.05, 4.69) is 15.4 Å². The summed E-state index contributed by atoms with van der Waals surface area (Å²) in [7, 11) is 0. The summed E-state index contributed by atoms with van der Waals surface area (Å²) >= 11 is 0. The number of para-hydroxylation sites is 1. The summed E-state index contributed by atoms with van der Waals surface area (Å²) in [6.45, 7) is 0. The first-order valence-corrected chi connectivity index (χ1v) is 7.34. The van der Waals surface area contributed by atoms with Gasteiger partial charge in [0, 0.05) is 6.20 Å². The second-order valence-corrected chi connectivity index (χ2v) is 5.35. The van der Waals surface area contributed by atoms with Gasteiger partial charge in [0.1, 0.15) is 22.9 Å². The number of nitrogens with one attached hydrogen (secondary N) is 1. The molecule has 0 fully saturated rings. The average Bonchev–Trinajstić information content (AvgIpc) is 2.98. The van der Waals surface area contributed by atoms with Crippen molar-refractivity contribution in [2.45, 2.75) is 6.18 Å². The van der Waals surface area contributed by atoms with Crippen molar-refractivity contribution in [3.63, 3.8) is 0 Å². The van der Waals surface area contributed by atoms with Crippen LogP contribution in [0.25, 0.3) is 5.69 Å². The minimum absolute atomic E-state index is 0.0841. The molecule has 0 aliphatic carbocycles. The zero-order chi connectivity index (χ0) is 19.8. The van der Waals surface area contributed by atoms with Crippen LogP contribution >= 0.6 is 0 Å². The zero-order valence-electron chi connectivity index (χ0n) is 13.3. The summed E-state index contributed by atoms with van der Waals surface area (Å²) in [4.78, 5) is 15.8. The van der Waals surface area contributed by atoms with Crippen LogP contribution in [0.5, 0.6) is 5.75 Å². The normalized spacial score (nSPS) is 11.4. The van der Waals surface area contributed by atoms with E-state index < -0.39 is 29.2 Å². The SMILES string of the molecule is Nc1c(C(=O)Nc2ccc(C(F)(F)F)cn2)cnn1-c1cccc(F)c1O. The monoisotopic (exact) mass is 381 g/mol. The Bertz CT molecular complexity index is 999. The molecule has 0 aliphatic heterocycles. The lowest BCUT2D eigenvalue weighted by molar-refractivity contribution is -0.137. The van der Waals surface area contributed by atoms with Gasteiger partial charge in [0.25, 0.3) is 5.91 Å². The highest BCUT2D eigenvalue weighted by molar-refractivity contribution is 6.06. The van der Waals surface area contributed by atoms with Gasteiger partial charge in [0.2, 0.25) is 0 Å². The number of benzene rings is 1. The highest BCUT2D eigenvalue weighted by atomic mass is 19.4. The standard InChI is InChI=1S/C16H11F4N5O2/c17-10-2-1-3-11(13(10)26)25-14(21)9(7-23-25)15(27)24-12-5-4-8(6-22-12)16(18,19)20/h1-7,26H,21H2,(H,22,24,27). The third-order valence-corrected chi connectivity index (χ3v) is 3.58. The number of aromatic nitrogens is 3. The number of hydrogen-bond donors (Lipinski definition) is 3. The number of nitrogen functional groups attached to an aromatic ring is 1. The number of aromatic hydroxyl groups is 1.